The highest BCUT2D eigenvalue weighted by Gasteiger charge is 2.33. The quantitative estimate of drug-likeness (QED) is 0.857. The fraction of sp³-hybridized carbons (Fsp3) is 0.278. The first kappa shape index (κ1) is 16.5. The smallest absolute Gasteiger partial charge is 0.264 e. The highest BCUT2D eigenvalue weighted by Crippen LogP contribution is 2.35. The summed E-state index contributed by atoms with van der Waals surface area (Å²) in [4.78, 5) is 12.4. The van der Waals surface area contributed by atoms with Crippen LogP contribution in [0.1, 0.15) is 27.9 Å². The van der Waals surface area contributed by atoms with Crippen molar-refractivity contribution < 1.29 is 17.9 Å². The molecule has 24 heavy (non-hydrogen) atoms. The topological polar surface area (TPSA) is 63.7 Å². The third kappa shape index (κ3) is 2.67. The summed E-state index contributed by atoms with van der Waals surface area (Å²) in [5.74, 6) is 0.462. The fourth-order valence-corrected chi connectivity index (χ4v) is 4.68. The van der Waals surface area contributed by atoms with Crippen LogP contribution in [0.3, 0.4) is 0 Å². The Bertz CT molecular complexity index is 919. The monoisotopic (exact) mass is 345 g/mol. The van der Waals surface area contributed by atoms with Gasteiger partial charge in [-0.3, -0.25) is 9.10 Å². The maximum atomic E-state index is 13.2. The van der Waals surface area contributed by atoms with Crippen LogP contribution in [0.4, 0.5) is 5.69 Å². The number of nitrogens with zero attached hydrogens (tertiary/aromatic N) is 1. The van der Waals surface area contributed by atoms with Crippen LogP contribution in [0.2, 0.25) is 0 Å². The molecule has 2 aromatic rings. The first-order valence-corrected chi connectivity index (χ1v) is 9.10. The first-order chi connectivity index (χ1) is 11.3. The van der Waals surface area contributed by atoms with Gasteiger partial charge in [-0.25, -0.2) is 8.42 Å². The molecule has 0 radical (unpaired) electrons. The molecule has 5 nitrogen and oxygen atoms in total. The van der Waals surface area contributed by atoms with Crippen molar-refractivity contribution in [2.24, 2.45) is 0 Å². The number of anilines is 1. The normalized spacial score (nSPS) is 14.5. The van der Waals surface area contributed by atoms with E-state index in [0.29, 0.717) is 22.6 Å². The molecule has 1 aliphatic heterocycles. The van der Waals surface area contributed by atoms with Gasteiger partial charge in [-0.1, -0.05) is 17.7 Å². The van der Waals surface area contributed by atoms with E-state index in [0.717, 1.165) is 5.56 Å². The molecule has 0 unspecified atom stereocenters. The average molecular weight is 345 g/mol. The molecule has 0 bridgehead atoms. The van der Waals surface area contributed by atoms with Gasteiger partial charge in [0.2, 0.25) is 0 Å². The lowest BCUT2D eigenvalue weighted by Crippen LogP contribution is -2.37. The highest BCUT2D eigenvalue weighted by molar-refractivity contribution is 7.92. The molecule has 2 aromatic carbocycles. The molecule has 0 aliphatic carbocycles. The Morgan fingerprint density at radius 1 is 1.08 bits per heavy atom. The largest absolute Gasteiger partial charge is 0.497 e. The third-order valence-electron chi connectivity index (χ3n) is 4.21. The van der Waals surface area contributed by atoms with E-state index in [-0.39, 0.29) is 23.6 Å². The zero-order valence-electron chi connectivity index (χ0n) is 13.9. The molecule has 1 aliphatic rings. The standard InChI is InChI=1S/C18H19NO4S/c1-12-4-7-18(13(2)10-12)24(21,22)19-9-8-17(20)15-6-5-14(23-3)11-16(15)19/h4-7,10-11H,8-9H2,1-3H3. The summed E-state index contributed by atoms with van der Waals surface area (Å²) in [6, 6.07) is 10.1. The van der Waals surface area contributed by atoms with Crippen molar-refractivity contribution in [3.63, 3.8) is 0 Å². The van der Waals surface area contributed by atoms with Crippen LogP contribution < -0.4 is 9.04 Å². The molecule has 0 saturated carbocycles. The van der Waals surface area contributed by atoms with Gasteiger partial charge < -0.3 is 4.74 Å². The summed E-state index contributed by atoms with van der Waals surface area (Å²) in [7, 11) is -2.24. The van der Waals surface area contributed by atoms with Crippen LogP contribution in [0.25, 0.3) is 0 Å². The van der Waals surface area contributed by atoms with Gasteiger partial charge in [0.15, 0.2) is 5.78 Å². The predicted molar refractivity (Wildman–Crippen MR) is 92.4 cm³/mol. The molecule has 0 N–H and O–H groups in total. The van der Waals surface area contributed by atoms with E-state index < -0.39 is 10.0 Å². The van der Waals surface area contributed by atoms with Gasteiger partial charge in [-0.2, -0.15) is 0 Å². The van der Waals surface area contributed by atoms with E-state index in [4.69, 9.17) is 4.74 Å². The van der Waals surface area contributed by atoms with Crippen LogP contribution in [0.15, 0.2) is 41.3 Å². The Balaban J connectivity index is 2.16. The minimum atomic E-state index is -3.75. The summed E-state index contributed by atoms with van der Waals surface area (Å²) in [6.45, 7) is 3.83. The van der Waals surface area contributed by atoms with Crippen LogP contribution >= 0.6 is 0 Å². The number of carbonyl (C=O) groups is 1. The van der Waals surface area contributed by atoms with Crippen molar-refractivity contribution >= 4 is 21.5 Å². The number of ether oxygens (including phenoxy) is 1. The predicted octanol–water partition coefficient (Wildman–Crippen LogP) is 3.09. The Morgan fingerprint density at radius 2 is 1.83 bits per heavy atom. The highest BCUT2D eigenvalue weighted by atomic mass is 32.2. The maximum absolute atomic E-state index is 13.2. The van der Waals surface area contributed by atoms with E-state index in [9.17, 15) is 13.2 Å². The third-order valence-corrected chi connectivity index (χ3v) is 6.19. The second-order valence-electron chi connectivity index (χ2n) is 5.90. The second-order valence-corrected chi connectivity index (χ2v) is 7.73. The summed E-state index contributed by atoms with van der Waals surface area (Å²) in [5, 5.41) is 0. The Hall–Kier alpha value is -2.34. The first-order valence-electron chi connectivity index (χ1n) is 7.66. The van der Waals surface area contributed by atoms with Crippen LogP contribution in [0.5, 0.6) is 5.75 Å². The number of sulfonamides is 1. The summed E-state index contributed by atoms with van der Waals surface area (Å²) >= 11 is 0. The molecule has 3 rings (SSSR count). The van der Waals surface area contributed by atoms with Crippen molar-refractivity contribution in [1.82, 2.24) is 0 Å². The number of aryl methyl sites for hydroxylation is 2. The second kappa shape index (κ2) is 5.94. The van der Waals surface area contributed by atoms with Gasteiger partial charge in [-0.15, -0.1) is 0 Å². The van der Waals surface area contributed by atoms with Crippen molar-refractivity contribution in [3.05, 3.63) is 53.1 Å². The van der Waals surface area contributed by atoms with Crippen molar-refractivity contribution in [3.8, 4) is 5.75 Å². The molecule has 0 atom stereocenters. The number of benzene rings is 2. The Kier molecular flexibility index (Phi) is 4.09. The number of Topliss-reactive ketones (excluding diaryl/α,β-unsaturated/α-hetero) is 1. The molecule has 6 heteroatoms. The van der Waals surface area contributed by atoms with Gasteiger partial charge in [-0.05, 0) is 37.6 Å². The molecule has 1 heterocycles. The number of carbonyl (C=O) groups excluding carboxylic acids is 1. The van der Waals surface area contributed by atoms with Gasteiger partial charge in [0, 0.05) is 24.6 Å². The SMILES string of the molecule is COc1ccc2c(c1)N(S(=O)(=O)c1ccc(C)cc1C)CCC2=O. The van der Waals surface area contributed by atoms with Gasteiger partial charge >= 0.3 is 0 Å². The summed E-state index contributed by atoms with van der Waals surface area (Å²) < 4.78 is 32.8. The number of ketones is 1. The van der Waals surface area contributed by atoms with Crippen molar-refractivity contribution in [1.29, 1.82) is 0 Å². The minimum Gasteiger partial charge on any atom is -0.497 e. The van der Waals surface area contributed by atoms with E-state index >= 15 is 0 Å². The van der Waals surface area contributed by atoms with E-state index in [2.05, 4.69) is 0 Å². The molecule has 126 valence electrons. The molecule has 0 aromatic heterocycles. The van der Waals surface area contributed by atoms with Gasteiger partial charge in [0.1, 0.15) is 5.75 Å². The van der Waals surface area contributed by atoms with Crippen LogP contribution in [0, 0.1) is 13.8 Å². The van der Waals surface area contributed by atoms with E-state index in [1.54, 1.807) is 37.3 Å². The lowest BCUT2D eigenvalue weighted by atomic mass is 10.0. The van der Waals surface area contributed by atoms with E-state index in [1.807, 2.05) is 13.0 Å². The lowest BCUT2D eigenvalue weighted by Gasteiger charge is -2.30. The Morgan fingerprint density at radius 3 is 2.50 bits per heavy atom. The number of methoxy groups -OCH3 is 1. The minimum absolute atomic E-state index is 0.0558. The maximum Gasteiger partial charge on any atom is 0.264 e. The van der Waals surface area contributed by atoms with Crippen molar-refractivity contribution in [2.45, 2.75) is 25.2 Å². The number of hydrogen-bond acceptors (Lipinski definition) is 4. The fourth-order valence-electron chi connectivity index (χ4n) is 3.00. The van der Waals surface area contributed by atoms with E-state index in [1.165, 1.54) is 11.4 Å². The summed E-state index contributed by atoms with van der Waals surface area (Å²) in [6.07, 6.45) is 0.170. The zero-order valence-corrected chi connectivity index (χ0v) is 14.7. The van der Waals surface area contributed by atoms with Gasteiger partial charge in [0.25, 0.3) is 10.0 Å². The number of rotatable bonds is 3. The zero-order chi connectivity index (χ0) is 17.5. The summed E-state index contributed by atoms with van der Waals surface area (Å²) in [5.41, 5.74) is 2.49. The Labute approximate surface area is 141 Å². The molecule has 0 spiro atoms. The molecule has 0 fully saturated rings. The molecular weight excluding hydrogens is 326 g/mol. The van der Waals surface area contributed by atoms with Crippen molar-refractivity contribution in [2.75, 3.05) is 18.0 Å². The van der Waals surface area contributed by atoms with Crippen LogP contribution in [-0.4, -0.2) is 27.9 Å². The van der Waals surface area contributed by atoms with Crippen LogP contribution in [-0.2, 0) is 10.0 Å². The van der Waals surface area contributed by atoms with Gasteiger partial charge in [0.05, 0.1) is 17.7 Å². The average Bonchev–Trinajstić information content (AvgIpc) is 2.54. The molecular formula is C18H19NO4S. The number of fused-ring (bicyclic) bond motifs is 1. The number of hydrogen-bond donors (Lipinski definition) is 0. The molecule has 0 saturated heterocycles. The lowest BCUT2D eigenvalue weighted by molar-refractivity contribution is 0.0982. The molecule has 0 amide bonds.